The first-order chi connectivity index (χ1) is 14.0. The van der Waals surface area contributed by atoms with Crippen molar-refractivity contribution >= 4 is 17.2 Å². The molecule has 4 rings (SSSR count). The molecule has 1 amide bonds. The van der Waals surface area contributed by atoms with Crippen molar-refractivity contribution in [3.05, 3.63) is 59.6 Å². The van der Waals surface area contributed by atoms with Gasteiger partial charge in [0.2, 0.25) is 5.91 Å². The molecule has 0 saturated heterocycles. The number of halogens is 1. The summed E-state index contributed by atoms with van der Waals surface area (Å²) in [6.07, 6.45) is 3.40. The van der Waals surface area contributed by atoms with Crippen LogP contribution in [0.2, 0.25) is 0 Å². The van der Waals surface area contributed by atoms with E-state index in [0.717, 1.165) is 18.4 Å². The van der Waals surface area contributed by atoms with E-state index in [0.29, 0.717) is 34.4 Å². The molecule has 4 aromatic rings. The number of hydrogen-bond acceptors (Lipinski definition) is 6. The highest BCUT2D eigenvalue weighted by Gasteiger charge is 2.15. The Morgan fingerprint density at radius 3 is 2.93 bits per heavy atom. The van der Waals surface area contributed by atoms with Gasteiger partial charge in [-0.15, -0.1) is 10.2 Å². The molecule has 0 bridgehead atoms. The SMILES string of the molecule is CCCc1noc(-c2ccc3nnc(CC(=O)Nc4cc(F)ccc4C)n3c2)n1. The quantitative estimate of drug-likeness (QED) is 0.538. The van der Waals surface area contributed by atoms with Crippen LogP contribution in [0.5, 0.6) is 0 Å². The summed E-state index contributed by atoms with van der Waals surface area (Å²) in [5.74, 6) is 0.764. The average Bonchev–Trinajstić information content (AvgIpc) is 3.32. The number of rotatable bonds is 6. The molecule has 0 spiro atoms. The summed E-state index contributed by atoms with van der Waals surface area (Å²) in [7, 11) is 0. The van der Waals surface area contributed by atoms with Crippen molar-refractivity contribution in [3.8, 4) is 11.5 Å². The van der Waals surface area contributed by atoms with Gasteiger partial charge < -0.3 is 9.84 Å². The lowest BCUT2D eigenvalue weighted by Gasteiger charge is -2.08. The maximum Gasteiger partial charge on any atom is 0.259 e. The van der Waals surface area contributed by atoms with Gasteiger partial charge in [-0.25, -0.2) is 4.39 Å². The summed E-state index contributed by atoms with van der Waals surface area (Å²) in [6, 6.07) is 7.83. The predicted molar refractivity (Wildman–Crippen MR) is 104 cm³/mol. The number of amides is 1. The molecule has 9 heteroatoms. The van der Waals surface area contributed by atoms with Crippen LogP contribution < -0.4 is 5.32 Å². The largest absolute Gasteiger partial charge is 0.334 e. The van der Waals surface area contributed by atoms with Crippen LogP contribution in [-0.2, 0) is 17.6 Å². The van der Waals surface area contributed by atoms with Gasteiger partial charge in [-0.1, -0.05) is 18.1 Å². The summed E-state index contributed by atoms with van der Waals surface area (Å²) >= 11 is 0. The Morgan fingerprint density at radius 1 is 1.24 bits per heavy atom. The maximum absolute atomic E-state index is 13.4. The highest BCUT2D eigenvalue weighted by Crippen LogP contribution is 2.20. The minimum atomic E-state index is -0.412. The molecule has 29 heavy (non-hydrogen) atoms. The summed E-state index contributed by atoms with van der Waals surface area (Å²) in [4.78, 5) is 16.8. The van der Waals surface area contributed by atoms with Crippen LogP contribution in [0.1, 0.15) is 30.6 Å². The second-order valence-electron chi connectivity index (χ2n) is 6.71. The highest BCUT2D eigenvalue weighted by atomic mass is 19.1. The van der Waals surface area contributed by atoms with Gasteiger partial charge in [0.1, 0.15) is 11.6 Å². The minimum Gasteiger partial charge on any atom is -0.334 e. The topological polar surface area (TPSA) is 98.2 Å². The Morgan fingerprint density at radius 2 is 2.10 bits per heavy atom. The Hall–Kier alpha value is -3.62. The molecule has 0 aliphatic heterocycles. The summed E-state index contributed by atoms with van der Waals surface area (Å²) < 4.78 is 20.5. The third-order valence-electron chi connectivity index (χ3n) is 4.45. The predicted octanol–water partition coefficient (Wildman–Crippen LogP) is 3.36. The number of nitrogens with one attached hydrogen (secondary N) is 1. The molecular weight excluding hydrogens is 375 g/mol. The Bertz CT molecular complexity index is 1180. The highest BCUT2D eigenvalue weighted by molar-refractivity contribution is 5.92. The normalized spacial score (nSPS) is 11.1. The fourth-order valence-corrected chi connectivity index (χ4v) is 2.95. The van der Waals surface area contributed by atoms with Gasteiger partial charge in [0.25, 0.3) is 5.89 Å². The third-order valence-corrected chi connectivity index (χ3v) is 4.45. The third kappa shape index (κ3) is 3.98. The zero-order valence-corrected chi connectivity index (χ0v) is 16.0. The molecule has 8 nitrogen and oxygen atoms in total. The zero-order chi connectivity index (χ0) is 20.4. The van der Waals surface area contributed by atoms with E-state index in [1.54, 1.807) is 29.7 Å². The zero-order valence-electron chi connectivity index (χ0n) is 16.0. The lowest BCUT2D eigenvalue weighted by Crippen LogP contribution is -2.17. The number of carbonyl (C=O) groups is 1. The first-order valence-corrected chi connectivity index (χ1v) is 9.26. The number of fused-ring (bicyclic) bond motifs is 1. The fourth-order valence-electron chi connectivity index (χ4n) is 2.95. The second-order valence-corrected chi connectivity index (χ2v) is 6.71. The van der Waals surface area contributed by atoms with Crippen molar-refractivity contribution in [1.29, 1.82) is 0 Å². The molecule has 3 aromatic heterocycles. The fraction of sp³-hybridized carbons (Fsp3) is 0.250. The molecule has 0 aliphatic rings. The van der Waals surface area contributed by atoms with Crippen LogP contribution in [0.25, 0.3) is 17.1 Å². The Labute approximate surface area is 165 Å². The van der Waals surface area contributed by atoms with E-state index >= 15 is 0 Å². The molecule has 0 atom stereocenters. The van der Waals surface area contributed by atoms with E-state index in [4.69, 9.17) is 4.52 Å². The molecule has 0 aliphatic carbocycles. The van der Waals surface area contributed by atoms with Crippen molar-refractivity contribution in [3.63, 3.8) is 0 Å². The van der Waals surface area contributed by atoms with E-state index in [1.165, 1.54) is 12.1 Å². The van der Waals surface area contributed by atoms with Gasteiger partial charge in [-0.3, -0.25) is 9.20 Å². The van der Waals surface area contributed by atoms with Crippen LogP contribution in [0.15, 0.2) is 41.1 Å². The number of aryl methyl sites for hydroxylation is 2. The van der Waals surface area contributed by atoms with Crippen molar-refractivity contribution in [1.82, 2.24) is 24.7 Å². The van der Waals surface area contributed by atoms with Crippen LogP contribution >= 0.6 is 0 Å². The lowest BCUT2D eigenvalue weighted by atomic mass is 10.2. The maximum atomic E-state index is 13.4. The molecule has 0 radical (unpaired) electrons. The van der Waals surface area contributed by atoms with Crippen molar-refractivity contribution in [2.75, 3.05) is 5.32 Å². The van der Waals surface area contributed by atoms with E-state index in [1.807, 2.05) is 13.0 Å². The van der Waals surface area contributed by atoms with Crippen molar-refractivity contribution < 1.29 is 13.7 Å². The van der Waals surface area contributed by atoms with Crippen LogP contribution in [0, 0.1) is 12.7 Å². The number of benzene rings is 1. The van der Waals surface area contributed by atoms with Gasteiger partial charge >= 0.3 is 0 Å². The van der Waals surface area contributed by atoms with E-state index in [-0.39, 0.29) is 12.3 Å². The lowest BCUT2D eigenvalue weighted by molar-refractivity contribution is -0.115. The van der Waals surface area contributed by atoms with Gasteiger partial charge in [-0.05, 0) is 43.2 Å². The first kappa shape index (κ1) is 18.7. The molecule has 1 N–H and O–H groups in total. The number of pyridine rings is 1. The van der Waals surface area contributed by atoms with Crippen LogP contribution in [0.3, 0.4) is 0 Å². The summed E-state index contributed by atoms with van der Waals surface area (Å²) in [6.45, 7) is 3.84. The molecule has 0 fully saturated rings. The van der Waals surface area contributed by atoms with Gasteiger partial charge in [-0.2, -0.15) is 4.98 Å². The Kier molecular flexibility index (Phi) is 5.03. The summed E-state index contributed by atoms with van der Waals surface area (Å²) in [5.41, 5.74) is 2.49. The van der Waals surface area contributed by atoms with Crippen molar-refractivity contribution in [2.24, 2.45) is 0 Å². The average molecular weight is 394 g/mol. The van der Waals surface area contributed by atoms with Crippen molar-refractivity contribution in [2.45, 2.75) is 33.1 Å². The molecule has 0 unspecified atom stereocenters. The van der Waals surface area contributed by atoms with E-state index in [2.05, 4.69) is 25.7 Å². The molecule has 1 aromatic carbocycles. The number of nitrogens with zero attached hydrogens (tertiary/aromatic N) is 5. The molecule has 0 saturated carbocycles. The van der Waals surface area contributed by atoms with Gasteiger partial charge in [0.05, 0.1) is 12.0 Å². The van der Waals surface area contributed by atoms with E-state index in [9.17, 15) is 9.18 Å². The number of aromatic nitrogens is 5. The minimum absolute atomic E-state index is 0.0223. The van der Waals surface area contributed by atoms with Gasteiger partial charge in [0, 0.05) is 18.3 Å². The smallest absolute Gasteiger partial charge is 0.259 e. The second kappa shape index (κ2) is 7.78. The number of hydrogen-bond donors (Lipinski definition) is 1. The van der Waals surface area contributed by atoms with Crippen LogP contribution in [0.4, 0.5) is 10.1 Å². The number of anilines is 1. The molecular formula is C20H19FN6O2. The van der Waals surface area contributed by atoms with Crippen LogP contribution in [-0.4, -0.2) is 30.6 Å². The molecule has 148 valence electrons. The van der Waals surface area contributed by atoms with Gasteiger partial charge in [0.15, 0.2) is 11.5 Å². The monoisotopic (exact) mass is 394 g/mol. The summed E-state index contributed by atoms with van der Waals surface area (Å²) in [5, 5.41) is 14.9. The standard InChI is InChI=1S/C20H19FN6O2/c1-3-4-16-23-20(29-26-16)13-6-8-17-24-25-18(27(17)11-13)10-19(28)22-15-9-14(21)7-5-12(15)2/h5-9,11H,3-4,10H2,1-2H3,(H,22,28). The van der Waals surface area contributed by atoms with E-state index < -0.39 is 5.82 Å². The first-order valence-electron chi connectivity index (χ1n) is 9.26. The molecule has 3 heterocycles. The Balaban J connectivity index is 1.57. The number of carbonyl (C=O) groups excluding carboxylic acids is 1.